The fourth-order valence-electron chi connectivity index (χ4n) is 2.82. The van der Waals surface area contributed by atoms with Crippen LogP contribution in [0, 0.1) is 0 Å². The van der Waals surface area contributed by atoms with Gasteiger partial charge in [0.1, 0.15) is 5.69 Å². The number of carbonyl (C=O) groups excluding carboxylic acids is 2. The van der Waals surface area contributed by atoms with E-state index in [0.717, 1.165) is 15.8 Å². The first kappa shape index (κ1) is 14.1. The molecule has 0 aliphatic carbocycles. The molecule has 0 saturated carbocycles. The van der Waals surface area contributed by atoms with E-state index in [0.29, 0.717) is 26.2 Å². The van der Waals surface area contributed by atoms with Gasteiger partial charge in [-0.1, -0.05) is 17.4 Å². The van der Waals surface area contributed by atoms with E-state index in [4.69, 9.17) is 0 Å². The molecule has 2 aromatic heterocycles. The van der Waals surface area contributed by atoms with Gasteiger partial charge in [-0.15, -0.1) is 10.2 Å². The molecule has 4 rings (SSSR count). The van der Waals surface area contributed by atoms with Gasteiger partial charge in [0.05, 0.1) is 6.04 Å². The van der Waals surface area contributed by atoms with Crippen LogP contribution in [-0.2, 0) is 9.59 Å². The van der Waals surface area contributed by atoms with E-state index in [-0.39, 0.29) is 6.04 Å². The van der Waals surface area contributed by atoms with Gasteiger partial charge in [0.2, 0.25) is 5.13 Å². The Hall–Kier alpha value is -2.55. The molecule has 9 heteroatoms. The summed E-state index contributed by atoms with van der Waals surface area (Å²) in [5.74, 6) is -0.949. The number of piperazine rings is 2. The molecule has 2 aliphatic heterocycles. The monoisotopic (exact) mass is 330 g/mol. The lowest BCUT2D eigenvalue weighted by Crippen LogP contribution is -2.65. The highest BCUT2D eigenvalue weighted by molar-refractivity contribution is 7.18. The van der Waals surface area contributed by atoms with Gasteiger partial charge in [-0.25, -0.2) is 0 Å². The molecule has 8 nitrogen and oxygen atoms in total. The Labute approximate surface area is 136 Å². The summed E-state index contributed by atoms with van der Waals surface area (Å²) in [5, 5.41) is 12.7. The fraction of sp³-hybridized carbons (Fsp3) is 0.357. The Kier molecular flexibility index (Phi) is 3.41. The van der Waals surface area contributed by atoms with E-state index in [1.807, 2.05) is 18.2 Å². The first-order chi connectivity index (χ1) is 11.2. The molecule has 0 bridgehead atoms. The molecule has 118 valence electrons. The average molecular weight is 330 g/mol. The minimum atomic E-state index is -0.511. The molecule has 2 aliphatic rings. The smallest absolute Gasteiger partial charge is 0.312 e. The van der Waals surface area contributed by atoms with E-state index in [1.165, 1.54) is 11.3 Å². The summed E-state index contributed by atoms with van der Waals surface area (Å²) in [6.07, 6.45) is 1.73. The zero-order chi connectivity index (χ0) is 15.8. The third kappa shape index (κ3) is 2.52. The standard InChI is InChI=1S/C14H14N6O2S/c21-11-13(22)20-6-5-19(8-9(20)7-16-11)14-18-17-12(23-14)10-3-1-2-4-15-10/h1-4,9H,5-8H2,(H,16,21). The van der Waals surface area contributed by atoms with Crippen LogP contribution in [0.3, 0.4) is 0 Å². The van der Waals surface area contributed by atoms with E-state index in [9.17, 15) is 9.59 Å². The van der Waals surface area contributed by atoms with Gasteiger partial charge in [-0.2, -0.15) is 0 Å². The van der Waals surface area contributed by atoms with Crippen LogP contribution < -0.4 is 10.2 Å². The predicted molar refractivity (Wildman–Crippen MR) is 83.9 cm³/mol. The summed E-state index contributed by atoms with van der Waals surface area (Å²) >= 11 is 1.48. The highest BCUT2D eigenvalue weighted by Gasteiger charge is 2.38. The molecule has 2 saturated heterocycles. The molecule has 1 unspecified atom stereocenters. The minimum Gasteiger partial charge on any atom is -0.346 e. The van der Waals surface area contributed by atoms with Crippen LogP contribution in [0.4, 0.5) is 5.13 Å². The number of fused-ring (bicyclic) bond motifs is 1. The number of amides is 2. The SMILES string of the molecule is O=C1NCC2CN(c3nnc(-c4ccccn4)s3)CCN2C1=O. The molecule has 2 aromatic rings. The number of rotatable bonds is 2. The molecule has 2 amide bonds. The molecule has 0 radical (unpaired) electrons. The van der Waals surface area contributed by atoms with Crippen molar-refractivity contribution in [2.75, 3.05) is 31.1 Å². The second-order valence-corrected chi connectivity index (χ2v) is 6.37. The average Bonchev–Trinajstić information content (AvgIpc) is 3.09. The second kappa shape index (κ2) is 5.58. The van der Waals surface area contributed by atoms with Gasteiger partial charge >= 0.3 is 11.8 Å². The lowest BCUT2D eigenvalue weighted by molar-refractivity contribution is -0.150. The molecular weight excluding hydrogens is 316 g/mol. The Morgan fingerprint density at radius 3 is 2.96 bits per heavy atom. The Balaban J connectivity index is 1.51. The third-order valence-corrected chi connectivity index (χ3v) is 5.01. The summed E-state index contributed by atoms with van der Waals surface area (Å²) < 4.78 is 0. The summed E-state index contributed by atoms with van der Waals surface area (Å²) in [6, 6.07) is 5.66. The fourth-order valence-corrected chi connectivity index (χ4v) is 3.68. The van der Waals surface area contributed by atoms with Gasteiger partial charge in [0.15, 0.2) is 5.01 Å². The summed E-state index contributed by atoms with van der Waals surface area (Å²) in [4.78, 5) is 31.3. The van der Waals surface area contributed by atoms with Crippen LogP contribution in [-0.4, -0.2) is 64.1 Å². The number of nitrogens with zero attached hydrogens (tertiary/aromatic N) is 5. The number of aromatic nitrogens is 3. The van der Waals surface area contributed by atoms with Crippen LogP contribution >= 0.6 is 11.3 Å². The van der Waals surface area contributed by atoms with Crippen LogP contribution in [0.25, 0.3) is 10.7 Å². The predicted octanol–water partition coefficient (Wildman–Crippen LogP) is -0.253. The largest absolute Gasteiger partial charge is 0.346 e. The van der Waals surface area contributed by atoms with Gasteiger partial charge in [-0.3, -0.25) is 14.6 Å². The van der Waals surface area contributed by atoms with E-state index >= 15 is 0 Å². The van der Waals surface area contributed by atoms with E-state index in [2.05, 4.69) is 25.4 Å². The lowest BCUT2D eigenvalue weighted by Gasteiger charge is -2.43. The Morgan fingerprint density at radius 1 is 1.22 bits per heavy atom. The third-order valence-electron chi connectivity index (χ3n) is 4.00. The highest BCUT2D eigenvalue weighted by Crippen LogP contribution is 2.29. The van der Waals surface area contributed by atoms with Crippen LogP contribution in [0.1, 0.15) is 0 Å². The van der Waals surface area contributed by atoms with Crippen molar-refractivity contribution in [3.8, 4) is 10.7 Å². The molecule has 1 atom stereocenters. The molecule has 0 aromatic carbocycles. The van der Waals surface area contributed by atoms with Crippen molar-refractivity contribution in [1.82, 2.24) is 25.4 Å². The van der Waals surface area contributed by atoms with Crippen LogP contribution in [0.15, 0.2) is 24.4 Å². The first-order valence-corrected chi connectivity index (χ1v) is 8.12. The lowest BCUT2D eigenvalue weighted by atomic mass is 10.1. The molecule has 1 N–H and O–H groups in total. The number of anilines is 1. The topological polar surface area (TPSA) is 91.3 Å². The van der Waals surface area contributed by atoms with Gasteiger partial charge < -0.3 is 15.1 Å². The summed E-state index contributed by atoms with van der Waals surface area (Å²) in [5.41, 5.74) is 0.801. The summed E-state index contributed by atoms with van der Waals surface area (Å²) in [6.45, 7) is 2.29. The quantitative estimate of drug-likeness (QED) is 0.764. The molecule has 4 heterocycles. The molecular formula is C14H14N6O2S. The number of nitrogens with one attached hydrogen (secondary N) is 1. The van der Waals surface area contributed by atoms with Gasteiger partial charge in [0, 0.05) is 32.4 Å². The Morgan fingerprint density at radius 2 is 2.13 bits per heavy atom. The van der Waals surface area contributed by atoms with Crippen molar-refractivity contribution in [3.05, 3.63) is 24.4 Å². The second-order valence-electron chi connectivity index (χ2n) is 5.41. The van der Waals surface area contributed by atoms with Crippen LogP contribution in [0.2, 0.25) is 0 Å². The molecule has 23 heavy (non-hydrogen) atoms. The zero-order valence-corrected chi connectivity index (χ0v) is 13.0. The van der Waals surface area contributed by atoms with Crippen molar-refractivity contribution >= 4 is 28.3 Å². The first-order valence-electron chi connectivity index (χ1n) is 7.31. The normalized spacial score (nSPS) is 21.1. The minimum absolute atomic E-state index is 0.0175. The maximum atomic E-state index is 11.9. The zero-order valence-electron chi connectivity index (χ0n) is 12.2. The number of pyridine rings is 1. The van der Waals surface area contributed by atoms with Crippen molar-refractivity contribution in [2.45, 2.75) is 6.04 Å². The molecule has 0 spiro atoms. The maximum Gasteiger partial charge on any atom is 0.312 e. The van der Waals surface area contributed by atoms with E-state index < -0.39 is 11.8 Å². The van der Waals surface area contributed by atoms with Gasteiger partial charge in [0.25, 0.3) is 0 Å². The van der Waals surface area contributed by atoms with E-state index in [1.54, 1.807) is 11.1 Å². The number of hydrogen-bond acceptors (Lipinski definition) is 7. The highest BCUT2D eigenvalue weighted by atomic mass is 32.1. The summed E-state index contributed by atoms with van der Waals surface area (Å²) in [7, 11) is 0. The Bertz CT molecular complexity index is 749. The van der Waals surface area contributed by atoms with Crippen molar-refractivity contribution < 1.29 is 9.59 Å². The van der Waals surface area contributed by atoms with Crippen LogP contribution in [0.5, 0.6) is 0 Å². The number of carbonyl (C=O) groups is 2. The maximum absolute atomic E-state index is 11.9. The number of hydrogen-bond donors (Lipinski definition) is 1. The van der Waals surface area contributed by atoms with Crippen molar-refractivity contribution in [1.29, 1.82) is 0 Å². The van der Waals surface area contributed by atoms with Gasteiger partial charge in [-0.05, 0) is 12.1 Å². The van der Waals surface area contributed by atoms with Crippen molar-refractivity contribution in [2.24, 2.45) is 0 Å². The molecule has 2 fully saturated rings. The van der Waals surface area contributed by atoms with Crippen molar-refractivity contribution in [3.63, 3.8) is 0 Å².